The Morgan fingerprint density at radius 1 is 0.900 bits per heavy atom. The van der Waals surface area contributed by atoms with E-state index < -0.39 is 5.41 Å². The number of nitrogens with one attached hydrogen (secondary N) is 1. The molecular formula is C27H33NO2. The van der Waals surface area contributed by atoms with E-state index >= 15 is 0 Å². The van der Waals surface area contributed by atoms with Crippen molar-refractivity contribution in [1.82, 2.24) is 5.32 Å². The smallest absolute Gasteiger partial charge is 0.155 e. The first-order chi connectivity index (χ1) is 13.9. The summed E-state index contributed by atoms with van der Waals surface area (Å²) in [6.45, 7) is 12.2. The minimum Gasteiger partial charge on any atom is -0.507 e. The second-order valence-electron chi connectivity index (χ2n) is 10.2. The minimum atomic E-state index is -0.396. The maximum atomic E-state index is 13.1. The van der Waals surface area contributed by atoms with Crippen molar-refractivity contribution < 1.29 is 9.90 Å². The van der Waals surface area contributed by atoms with Crippen molar-refractivity contribution in [2.45, 2.75) is 59.5 Å². The van der Waals surface area contributed by atoms with Crippen LogP contribution in [0.4, 0.5) is 0 Å². The van der Waals surface area contributed by atoms with Gasteiger partial charge in [-0.15, -0.1) is 0 Å². The standard InChI is InChI=1S/C27H33NO2/c1-26(2,3)25(30)23(28-27(4,5)6)16-18-11-12-20-17-21(14-13-19(20)15-18)22-9-7-8-10-24(22)29/h7-15,17,23,28-29H,16H2,1-6H3. The number of carbonyl (C=O) groups is 1. The molecule has 0 aromatic heterocycles. The third-order valence-electron chi connectivity index (χ3n) is 5.22. The number of hydrogen-bond donors (Lipinski definition) is 2. The first kappa shape index (κ1) is 22.0. The molecule has 0 aliphatic heterocycles. The van der Waals surface area contributed by atoms with Gasteiger partial charge in [-0.25, -0.2) is 0 Å². The maximum absolute atomic E-state index is 13.1. The van der Waals surface area contributed by atoms with Crippen molar-refractivity contribution in [3.63, 3.8) is 0 Å². The third kappa shape index (κ3) is 5.28. The second kappa shape index (κ2) is 8.23. The molecule has 0 radical (unpaired) electrons. The molecule has 2 N–H and O–H groups in total. The molecule has 0 saturated carbocycles. The normalized spacial score (nSPS) is 13.4. The van der Waals surface area contributed by atoms with E-state index in [-0.39, 0.29) is 23.1 Å². The van der Waals surface area contributed by atoms with Gasteiger partial charge in [0.2, 0.25) is 0 Å². The fraction of sp³-hybridized carbons (Fsp3) is 0.370. The molecule has 0 aliphatic carbocycles. The minimum absolute atomic E-state index is 0.144. The zero-order valence-electron chi connectivity index (χ0n) is 18.9. The zero-order valence-corrected chi connectivity index (χ0v) is 18.9. The van der Waals surface area contributed by atoms with Gasteiger partial charge in [0.15, 0.2) is 5.78 Å². The SMILES string of the molecule is CC(C)(C)NC(Cc1ccc2cc(-c3ccccc3O)ccc2c1)C(=O)C(C)(C)C. The lowest BCUT2D eigenvalue weighted by molar-refractivity contribution is -0.128. The van der Waals surface area contributed by atoms with Crippen LogP contribution in [-0.2, 0) is 11.2 Å². The van der Waals surface area contributed by atoms with Gasteiger partial charge in [-0.1, -0.05) is 69.3 Å². The largest absolute Gasteiger partial charge is 0.507 e. The molecular weight excluding hydrogens is 370 g/mol. The number of aromatic hydroxyl groups is 1. The summed E-state index contributed by atoms with van der Waals surface area (Å²) in [5.41, 5.74) is 2.41. The van der Waals surface area contributed by atoms with Gasteiger partial charge in [-0.2, -0.15) is 0 Å². The molecule has 3 aromatic rings. The maximum Gasteiger partial charge on any atom is 0.155 e. The first-order valence-corrected chi connectivity index (χ1v) is 10.6. The number of para-hydroxylation sites is 1. The molecule has 0 saturated heterocycles. The Morgan fingerprint density at radius 2 is 1.53 bits per heavy atom. The van der Waals surface area contributed by atoms with E-state index in [1.807, 2.05) is 45.0 Å². The molecule has 0 bridgehead atoms. The topological polar surface area (TPSA) is 49.3 Å². The summed E-state index contributed by atoms with van der Waals surface area (Å²) in [6, 6.07) is 19.7. The number of phenolic OH excluding ortho intramolecular Hbond substituents is 1. The van der Waals surface area contributed by atoms with Crippen molar-refractivity contribution in [3.8, 4) is 16.9 Å². The Labute approximate surface area is 180 Å². The highest BCUT2D eigenvalue weighted by Gasteiger charge is 2.32. The predicted octanol–water partition coefficient (Wildman–Crippen LogP) is 6.13. The molecule has 158 valence electrons. The number of hydrogen-bond acceptors (Lipinski definition) is 3. The van der Waals surface area contributed by atoms with E-state index in [2.05, 4.69) is 56.4 Å². The number of carbonyl (C=O) groups excluding carboxylic acids is 1. The van der Waals surface area contributed by atoms with Crippen LogP contribution < -0.4 is 5.32 Å². The predicted molar refractivity (Wildman–Crippen MR) is 126 cm³/mol. The van der Waals surface area contributed by atoms with Gasteiger partial charge in [0.25, 0.3) is 0 Å². The number of benzene rings is 3. The molecule has 3 aromatic carbocycles. The van der Waals surface area contributed by atoms with Crippen LogP contribution in [0.5, 0.6) is 5.75 Å². The lowest BCUT2D eigenvalue weighted by Gasteiger charge is -2.32. The van der Waals surface area contributed by atoms with Crippen LogP contribution in [0.15, 0.2) is 60.7 Å². The number of Topliss-reactive ketones (excluding diaryl/α,β-unsaturated/α-hetero) is 1. The zero-order chi connectivity index (χ0) is 22.1. The van der Waals surface area contributed by atoms with Gasteiger partial charge in [0.1, 0.15) is 5.75 Å². The van der Waals surface area contributed by atoms with Crippen LogP contribution >= 0.6 is 0 Å². The lowest BCUT2D eigenvalue weighted by atomic mass is 9.83. The molecule has 3 rings (SSSR count). The van der Waals surface area contributed by atoms with Gasteiger partial charge in [0.05, 0.1) is 6.04 Å². The summed E-state index contributed by atoms with van der Waals surface area (Å²) < 4.78 is 0. The Balaban J connectivity index is 1.91. The summed E-state index contributed by atoms with van der Waals surface area (Å²) in [5.74, 6) is 0.512. The molecule has 0 spiro atoms. The third-order valence-corrected chi connectivity index (χ3v) is 5.22. The van der Waals surface area contributed by atoms with Crippen molar-refractivity contribution in [1.29, 1.82) is 0 Å². The van der Waals surface area contributed by atoms with E-state index in [0.29, 0.717) is 6.42 Å². The van der Waals surface area contributed by atoms with Gasteiger partial charge < -0.3 is 10.4 Å². The highest BCUT2D eigenvalue weighted by molar-refractivity contribution is 5.90. The quantitative estimate of drug-likeness (QED) is 0.539. The van der Waals surface area contributed by atoms with Crippen molar-refractivity contribution in [2.24, 2.45) is 5.41 Å². The van der Waals surface area contributed by atoms with Gasteiger partial charge >= 0.3 is 0 Å². The second-order valence-corrected chi connectivity index (χ2v) is 10.2. The lowest BCUT2D eigenvalue weighted by Crippen LogP contribution is -2.51. The molecule has 1 atom stereocenters. The van der Waals surface area contributed by atoms with Crippen LogP contribution in [0.2, 0.25) is 0 Å². The van der Waals surface area contributed by atoms with Crippen molar-refractivity contribution in [2.75, 3.05) is 0 Å². The molecule has 0 aliphatic rings. The highest BCUT2D eigenvalue weighted by atomic mass is 16.3. The number of rotatable bonds is 5. The van der Waals surface area contributed by atoms with E-state index in [0.717, 1.165) is 27.5 Å². The van der Waals surface area contributed by atoms with E-state index in [1.54, 1.807) is 6.07 Å². The number of fused-ring (bicyclic) bond motifs is 1. The average molecular weight is 404 g/mol. The van der Waals surface area contributed by atoms with Gasteiger partial charge in [-0.3, -0.25) is 4.79 Å². The van der Waals surface area contributed by atoms with Crippen molar-refractivity contribution >= 4 is 16.6 Å². The van der Waals surface area contributed by atoms with Crippen LogP contribution in [0.25, 0.3) is 21.9 Å². The molecule has 1 unspecified atom stereocenters. The number of ketones is 1. The van der Waals surface area contributed by atoms with E-state index in [4.69, 9.17) is 0 Å². The first-order valence-electron chi connectivity index (χ1n) is 10.6. The Hall–Kier alpha value is -2.65. The Bertz CT molecular complexity index is 1050. The molecule has 0 amide bonds. The molecule has 0 fully saturated rings. The number of phenols is 1. The Kier molecular flexibility index (Phi) is 6.05. The van der Waals surface area contributed by atoms with Gasteiger partial charge in [-0.05, 0) is 61.2 Å². The molecule has 3 heteroatoms. The van der Waals surface area contributed by atoms with Crippen LogP contribution in [0.3, 0.4) is 0 Å². The van der Waals surface area contributed by atoms with Crippen LogP contribution in [0, 0.1) is 5.41 Å². The molecule has 30 heavy (non-hydrogen) atoms. The fourth-order valence-electron chi connectivity index (χ4n) is 3.80. The van der Waals surface area contributed by atoms with Crippen LogP contribution in [0.1, 0.15) is 47.1 Å². The summed E-state index contributed by atoms with van der Waals surface area (Å²) in [5, 5.41) is 15.9. The van der Waals surface area contributed by atoms with Crippen molar-refractivity contribution in [3.05, 3.63) is 66.2 Å². The summed E-state index contributed by atoms with van der Waals surface area (Å²) in [4.78, 5) is 13.1. The van der Waals surface area contributed by atoms with Gasteiger partial charge in [0, 0.05) is 16.5 Å². The average Bonchev–Trinajstić information content (AvgIpc) is 2.65. The Morgan fingerprint density at radius 3 is 2.17 bits per heavy atom. The highest BCUT2D eigenvalue weighted by Crippen LogP contribution is 2.31. The molecule has 3 nitrogen and oxygen atoms in total. The summed E-state index contributed by atoms with van der Waals surface area (Å²) in [7, 11) is 0. The summed E-state index contributed by atoms with van der Waals surface area (Å²) in [6.07, 6.45) is 0.657. The van der Waals surface area contributed by atoms with E-state index in [9.17, 15) is 9.90 Å². The fourth-order valence-corrected chi connectivity index (χ4v) is 3.80. The monoisotopic (exact) mass is 403 g/mol. The summed E-state index contributed by atoms with van der Waals surface area (Å²) >= 11 is 0. The van der Waals surface area contributed by atoms with Crippen LogP contribution in [-0.4, -0.2) is 22.5 Å². The van der Waals surface area contributed by atoms with E-state index in [1.165, 1.54) is 0 Å². The molecule has 0 heterocycles.